The van der Waals surface area contributed by atoms with Crippen molar-refractivity contribution in [3.05, 3.63) is 28.9 Å². The molecule has 1 aliphatic carbocycles. The molecular formula is C14H17ClN2O. The zero-order valence-corrected chi connectivity index (χ0v) is 11.0. The van der Waals surface area contributed by atoms with E-state index in [0.717, 1.165) is 29.3 Å². The van der Waals surface area contributed by atoms with Crippen LogP contribution in [-0.2, 0) is 0 Å². The molecule has 1 unspecified atom stereocenters. The van der Waals surface area contributed by atoms with E-state index in [-0.39, 0.29) is 0 Å². The van der Waals surface area contributed by atoms with Crippen molar-refractivity contribution in [3.8, 4) is 0 Å². The lowest BCUT2D eigenvalue weighted by atomic mass is 9.82. The number of H-pyrrole nitrogens is 1. The predicted octanol–water partition coefficient (Wildman–Crippen LogP) is 3.83. The van der Waals surface area contributed by atoms with Crippen LogP contribution < -0.4 is 0 Å². The molecule has 1 aliphatic rings. The number of aliphatic hydroxyl groups excluding tert-OH is 1. The van der Waals surface area contributed by atoms with Crippen molar-refractivity contribution >= 4 is 22.5 Å². The van der Waals surface area contributed by atoms with Crippen molar-refractivity contribution in [3.63, 3.8) is 0 Å². The lowest BCUT2D eigenvalue weighted by Gasteiger charge is -2.27. The number of nitrogens with zero attached hydrogens (tertiary/aromatic N) is 1. The van der Waals surface area contributed by atoms with Gasteiger partial charge >= 0.3 is 0 Å². The average molecular weight is 265 g/mol. The van der Waals surface area contributed by atoms with E-state index in [0.29, 0.717) is 10.9 Å². The molecule has 3 rings (SSSR count). The van der Waals surface area contributed by atoms with Gasteiger partial charge in [-0.2, -0.15) is 5.10 Å². The maximum absolute atomic E-state index is 10.6. The number of benzene rings is 1. The molecule has 96 valence electrons. The second-order valence-electron chi connectivity index (χ2n) is 5.17. The van der Waals surface area contributed by atoms with Crippen LogP contribution in [0.2, 0.25) is 5.02 Å². The fraction of sp³-hybridized carbons (Fsp3) is 0.500. The van der Waals surface area contributed by atoms with E-state index in [2.05, 4.69) is 10.2 Å². The average Bonchev–Trinajstić information content (AvgIpc) is 2.86. The Balaban J connectivity index is 1.99. The number of aromatic amines is 1. The summed E-state index contributed by atoms with van der Waals surface area (Å²) in [6.07, 6.45) is 7.28. The SMILES string of the molecule is OC(c1cc(Cl)cc2[nH]ncc12)C1CCCCC1. The lowest BCUT2D eigenvalue weighted by Crippen LogP contribution is -2.16. The molecule has 4 heteroatoms. The van der Waals surface area contributed by atoms with Crippen molar-refractivity contribution < 1.29 is 5.11 Å². The van der Waals surface area contributed by atoms with Gasteiger partial charge in [-0.25, -0.2) is 0 Å². The Hall–Kier alpha value is -1.06. The highest BCUT2D eigenvalue weighted by atomic mass is 35.5. The van der Waals surface area contributed by atoms with Crippen molar-refractivity contribution in [1.29, 1.82) is 0 Å². The smallest absolute Gasteiger partial charge is 0.0825 e. The van der Waals surface area contributed by atoms with Crippen molar-refractivity contribution in [2.45, 2.75) is 38.2 Å². The van der Waals surface area contributed by atoms with E-state index >= 15 is 0 Å². The van der Waals surface area contributed by atoms with Crippen molar-refractivity contribution in [1.82, 2.24) is 10.2 Å². The summed E-state index contributed by atoms with van der Waals surface area (Å²) in [6, 6.07) is 3.72. The van der Waals surface area contributed by atoms with Gasteiger partial charge < -0.3 is 5.11 Å². The summed E-state index contributed by atoms with van der Waals surface area (Å²) >= 11 is 6.10. The molecule has 2 aromatic rings. The number of nitrogens with one attached hydrogen (secondary N) is 1. The second-order valence-corrected chi connectivity index (χ2v) is 5.61. The molecule has 0 aliphatic heterocycles. The van der Waals surface area contributed by atoms with E-state index in [1.165, 1.54) is 19.3 Å². The highest BCUT2D eigenvalue weighted by Crippen LogP contribution is 2.37. The molecule has 1 fully saturated rings. The van der Waals surface area contributed by atoms with Gasteiger partial charge in [0.05, 0.1) is 17.8 Å². The van der Waals surface area contributed by atoms with Gasteiger partial charge in [-0.15, -0.1) is 0 Å². The third-order valence-corrected chi connectivity index (χ3v) is 4.19. The number of halogens is 1. The van der Waals surface area contributed by atoms with E-state index in [4.69, 9.17) is 11.6 Å². The third-order valence-electron chi connectivity index (χ3n) is 3.97. The van der Waals surface area contributed by atoms with Gasteiger partial charge in [0.2, 0.25) is 0 Å². The molecule has 2 N–H and O–H groups in total. The number of aromatic nitrogens is 2. The van der Waals surface area contributed by atoms with Gasteiger partial charge in [-0.05, 0) is 36.5 Å². The standard InChI is InChI=1S/C14H17ClN2O/c15-10-6-11(12-8-16-17-13(12)7-10)14(18)9-4-2-1-3-5-9/h6-9,14,18H,1-5H2,(H,16,17). The van der Waals surface area contributed by atoms with E-state index in [1.54, 1.807) is 6.20 Å². The number of rotatable bonds is 2. The Labute approximate surface area is 111 Å². The van der Waals surface area contributed by atoms with Crippen LogP contribution in [0.3, 0.4) is 0 Å². The molecule has 0 radical (unpaired) electrons. The zero-order chi connectivity index (χ0) is 12.5. The Kier molecular flexibility index (Phi) is 3.27. The molecule has 0 spiro atoms. The summed E-state index contributed by atoms with van der Waals surface area (Å²) in [5.41, 5.74) is 1.81. The van der Waals surface area contributed by atoms with Gasteiger partial charge in [0.25, 0.3) is 0 Å². The first-order chi connectivity index (χ1) is 8.75. The molecule has 18 heavy (non-hydrogen) atoms. The van der Waals surface area contributed by atoms with Crippen LogP contribution in [-0.4, -0.2) is 15.3 Å². The van der Waals surface area contributed by atoms with Gasteiger partial charge in [0.1, 0.15) is 0 Å². The summed E-state index contributed by atoms with van der Waals surface area (Å²) in [4.78, 5) is 0. The van der Waals surface area contributed by atoms with Crippen LogP contribution in [0.5, 0.6) is 0 Å². The molecule has 1 aromatic carbocycles. The first kappa shape index (κ1) is 12.0. The Bertz CT molecular complexity index is 546. The van der Waals surface area contributed by atoms with Crippen molar-refractivity contribution in [2.75, 3.05) is 0 Å². The van der Waals surface area contributed by atoms with E-state index in [1.807, 2.05) is 12.1 Å². The number of hydrogen-bond acceptors (Lipinski definition) is 2. The molecule has 0 bridgehead atoms. The Morgan fingerprint density at radius 2 is 2.06 bits per heavy atom. The molecule has 0 amide bonds. The van der Waals surface area contributed by atoms with Crippen LogP contribution in [0.25, 0.3) is 10.9 Å². The van der Waals surface area contributed by atoms with Crippen LogP contribution in [0, 0.1) is 5.92 Å². The molecule has 0 saturated heterocycles. The summed E-state index contributed by atoms with van der Waals surface area (Å²) in [6.45, 7) is 0. The summed E-state index contributed by atoms with van der Waals surface area (Å²) in [5.74, 6) is 0.357. The largest absolute Gasteiger partial charge is 0.388 e. The molecule has 1 heterocycles. The summed E-state index contributed by atoms with van der Waals surface area (Å²) in [5, 5.41) is 19.2. The van der Waals surface area contributed by atoms with Gasteiger partial charge in [-0.3, -0.25) is 5.10 Å². The minimum atomic E-state index is -0.427. The molecule has 3 nitrogen and oxygen atoms in total. The van der Waals surface area contributed by atoms with Crippen molar-refractivity contribution in [2.24, 2.45) is 5.92 Å². The monoisotopic (exact) mass is 264 g/mol. The summed E-state index contributed by atoms with van der Waals surface area (Å²) in [7, 11) is 0. The van der Waals surface area contributed by atoms with Crippen LogP contribution >= 0.6 is 11.6 Å². The number of hydrogen-bond donors (Lipinski definition) is 2. The maximum atomic E-state index is 10.6. The number of aliphatic hydroxyl groups is 1. The fourth-order valence-electron chi connectivity index (χ4n) is 2.99. The second kappa shape index (κ2) is 4.90. The maximum Gasteiger partial charge on any atom is 0.0825 e. The Morgan fingerprint density at radius 3 is 2.83 bits per heavy atom. The highest BCUT2D eigenvalue weighted by molar-refractivity contribution is 6.31. The van der Waals surface area contributed by atoms with E-state index < -0.39 is 6.10 Å². The van der Waals surface area contributed by atoms with Gasteiger partial charge in [-0.1, -0.05) is 30.9 Å². The molecular weight excluding hydrogens is 248 g/mol. The minimum absolute atomic E-state index is 0.357. The number of fused-ring (bicyclic) bond motifs is 1. The minimum Gasteiger partial charge on any atom is -0.388 e. The van der Waals surface area contributed by atoms with Crippen LogP contribution in [0.1, 0.15) is 43.8 Å². The van der Waals surface area contributed by atoms with Gasteiger partial charge in [0, 0.05) is 10.4 Å². The predicted molar refractivity (Wildman–Crippen MR) is 72.6 cm³/mol. The highest BCUT2D eigenvalue weighted by Gasteiger charge is 2.25. The fourth-order valence-corrected chi connectivity index (χ4v) is 3.22. The quantitative estimate of drug-likeness (QED) is 0.866. The van der Waals surface area contributed by atoms with E-state index in [9.17, 15) is 5.11 Å². The Morgan fingerprint density at radius 1 is 1.28 bits per heavy atom. The first-order valence-corrected chi connectivity index (χ1v) is 6.94. The third kappa shape index (κ3) is 2.13. The lowest BCUT2D eigenvalue weighted by molar-refractivity contribution is 0.0861. The van der Waals surface area contributed by atoms with Crippen LogP contribution in [0.4, 0.5) is 0 Å². The molecule has 1 aromatic heterocycles. The van der Waals surface area contributed by atoms with Gasteiger partial charge in [0.15, 0.2) is 0 Å². The summed E-state index contributed by atoms with van der Waals surface area (Å²) < 4.78 is 0. The topological polar surface area (TPSA) is 48.9 Å². The zero-order valence-electron chi connectivity index (χ0n) is 10.2. The first-order valence-electron chi connectivity index (χ1n) is 6.56. The van der Waals surface area contributed by atoms with Crippen LogP contribution in [0.15, 0.2) is 18.3 Å². The molecule has 1 saturated carbocycles. The molecule has 1 atom stereocenters. The normalized spacial score (nSPS) is 19.2.